The Labute approximate surface area is 231 Å². The molecule has 39 heavy (non-hydrogen) atoms. The molecular formula is C31H43N3O5. The van der Waals surface area contributed by atoms with Gasteiger partial charge in [0.25, 0.3) is 11.1 Å². The van der Waals surface area contributed by atoms with Crippen LogP contribution in [0.3, 0.4) is 0 Å². The molecule has 0 aromatic carbocycles. The lowest BCUT2D eigenvalue weighted by molar-refractivity contribution is -0.141. The van der Waals surface area contributed by atoms with Crippen LogP contribution in [-0.4, -0.2) is 28.0 Å². The van der Waals surface area contributed by atoms with E-state index in [4.69, 9.17) is 0 Å². The number of pyridine rings is 2. The number of allylic oxidation sites excluding steroid dienone is 3. The van der Waals surface area contributed by atoms with Crippen molar-refractivity contribution in [3.05, 3.63) is 105 Å². The largest absolute Gasteiger partial charge is 0.468 e. The number of methoxy groups -OCH3 is 1. The second kappa shape index (κ2) is 16.1. The van der Waals surface area contributed by atoms with Crippen molar-refractivity contribution in [2.24, 2.45) is 5.92 Å². The molecule has 0 saturated carbocycles. The second-order valence-corrected chi connectivity index (χ2v) is 10.2. The van der Waals surface area contributed by atoms with Gasteiger partial charge in [-0.1, -0.05) is 48.1 Å². The SMILES string of the molecule is C=C1C=C(C(C)C)C=CN1.CC(=O)Cn1ccc(C(C)C)cc1=O.COC(=O)Cn1ccc(C(C)C)cc1=O. The van der Waals surface area contributed by atoms with Crippen molar-refractivity contribution in [2.75, 3.05) is 7.11 Å². The quantitative estimate of drug-likeness (QED) is 0.504. The number of hydrogen-bond acceptors (Lipinski definition) is 6. The fraction of sp³-hybridized carbons (Fsp3) is 0.419. The molecule has 0 atom stereocenters. The van der Waals surface area contributed by atoms with E-state index in [-0.39, 0.29) is 30.0 Å². The van der Waals surface area contributed by atoms with Crippen LogP contribution in [0.1, 0.15) is 71.4 Å². The predicted octanol–water partition coefficient (Wildman–Crippen LogP) is 4.90. The molecule has 212 valence electrons. The minimum absolute atomic E-state index is 0.00982. The molecule has 0 saturated heterocycles. The molecule has 0 fully saturated rings. The average Bonchev–Trinajstić information content (AvgIpc) is 2.86. The van der Waals surface area contributed by atoms with Crippen molar-refractivity contribution in [1.82, 2.24) is 14.5 Å². The van der Waals surface area contributed by atoms with Crippen molar-refractivity contribution < 1.29 is 14.3 Å². The van der Waals surface area contributed by atoms with Crippen molar-refractivity contribution >= 4 is 11.8 Å². The topological polar surface area (TPSA) is 99.4 Å². The number of ketones is 1. The number of rotatable bonds is 7. The molecule has 0 radical (unpaired) electrons. The van der Waals surface area contributed by atoms with Gasteiger partial charge in [0.2, 0.25) is 0 Å². The second-order valence-electron chi connectivity index (χ2n) is 10.2. The first-order valence-electron chi connectivity index (χ1n) is 13.1. The van der Waals surface area contributed by atoms with Gasteiger partial charge in [-0.05, 0) is 65.7 Å². The number of carbonyl (C=O) groups excluding carboxylic acids is 2. The number of esters is 1. The molecule has 3 rings (SSSR count). The normalized spacial score (nSPS) is 12.2. The van der Waals surface area contributed by atoms with Gasteiger partial charge in [-0.3, -0.25) is 19.2 Å². The third kappa shape index (κ3) is 12.0. The van der Waals surface area contributed by atoms with Crippen molar-refractivity contribution in [1.29, 1.82) is 0 Å². The number of nitrogens with zero attached hydrogens (tertiary/aromatic N) is 2. The maximum atomic E-state index is 11.6. The molecule has 0 bridgehead atoms. The molecule has 0 aliphatic carbocycles. The van der Waals surface area contributed by atoms with Gasteiger partial charge < -0.3 is 19.2 Å². The molecule has 0 amide bonds. The summed E-state index contributed by atoms with van der Waals surface area (Å²) in [4.78, 5) is 44.8. The molecule has 0 unspecified atom stereocenters. The van der Waals surface area contributed by atoms with Gasteiger partial charge in [-0.2, -0.15) is 0 Å². The van der Waals surface area contributed by atoms with Crippen LogP contribution >= 0.6 is 0 Å². The smallest absolute Gasteiger partial charge is 0.325 e. The molecule has 1 aliphatic rings. The molecule has 2 aromatic rings. The molecule has 0 spiro atoms. The van der Waals surface area contributed by atoms with E-state index in [1.807, 2.05) is 46.0 Å². The summed E-state index contributed by atoms with van der Waals surface area (Å²) >= 11 is 0. The summed E-state index contributed by atoms with van der Waals surface area (Å²) in [6.45, 7) is 17.9. The molecule has 8 heteroatoms. The summed E-state index contributed by atoms with van der Waals surface area (Å²) in [5, 5.41) is 3.02. The molecule has 1 N–H and O–H groups in total. The Balaban J connectivity index is 0.000000298. The monoisotopic (exact) mass is 537 g/mol. The lowest BCUT2D eigenvalue weighted by atomic mass is 10.0. The summed E-state index contributed by atoms with van der Waals surface area (Å²) in [5.74, 6) is 0.814. The first-order valence-corrected chi connectivity index (χ1v) is 13.1. The van der Waals surface area contributed by atoms with E-state index in [1.54, 1.807) is 24.5 Å². The first kappa shape index (κ1) is 33.1. The molecule has 3 heterocycles. The van der Waals surface area contributed by atoms with E-state index in [2.05, 4.69) is 42.6 Å². The van der Waals surface area contributed by atoms with Crippen LogP contribution in [0.5, 0.6) is 0 Å². The minimum Gasteiger partial charge on any atom is -0.468 e. The highest BCUT2D eigenvalue weighted by Gasteiger charge is 2.06. The Morgan fingerprint density at radius 2 is 1.36 bits per heavy atom. The highest BCUT2D eigenvalue weighted by atomic mass is 16.5. The maximum Gasteiger partial charge on any atom is 0.325 e. The minimum atomic E-state index is -0.422. The summed E-state index contributed by atoms with van der Waals surface area (Å²) in [6, 6.07) is 6.87. The highest BCUT2D eigenvalue weighted by Crippen LogP contribution is 2.15. The standard InChI is InChI=1S/C11H15NO3.C11H15NO2.C9H13N/c1-8(2)9-4-5-12(10(13)6-9)7-11(14)15-3;1-8(2)10-4-5-12(7-9(3)13)11(14)6-10;1-7(2)9-4-5-10-8(3)6-9/h4-6,8H,7H2,1-3H3;4-6,8H,7H2,1-3H3;4-7,10H,3H2,1-2H3. The maximum absolute atomic E-state index is 11.6. The van der Waals surface area contributed by atoms with Crippen molar-refractivity contribution in [3.8, 4) is 0 Å². The first-order chi connectivity index (χ1) is 18.2. The van der Waals surface area contributed by atoms with Crippen LogP contribution in [0, 0.1) is 5.92 Å². The molecular weight excluding hydrogens is 494 g/mol. The zero-order valence-corrected chi connectivity index (χ0v) is 24.5. The number of carbonyl (C=O) groups is 2. The van der Waals surface area contributed by atoms with Gasteiger partial charge >= 0.3 is 5.97 Å². The number of aromatic nitrogens is 2. The van der Waals surface area contributed by atoms with E-state index < -0.39 is 5.97 Å². The highest BCUT2D eigenvalue weighted by molar-refractivity contribution is 5.75. The average molecular weight is 538 g/mol. The van der Waals surface area contributed by atoms with Gasteiger partial charge in [0.05, 0.1) is 13.7 Å². The van der Waals surface area contributed by atoms with Crippen LogP contribution < -0.4 is 16.4 Å². The van der Waals surface area contributed by atoms with E-state index in [9.17, 15) is 19.2 Å². The van der Waals surface area contributed by atoms with E-state index in [1.165, 1.54) is 28.7 Å². The summed E-state index contributed by atoms with van der Waals surface area (Å²) in [5.41, 5.74) is 4.02. The van der Waals surface area contributed by atoms with Crippen LogP contribution in [0.25, 0.3) is 0 Å². The lowest BCUT2D eigenvalue weighted by Gasteiger charge is -2.12. The summed E-state index contributed by atoms with van der Waals surface area (Å²) in [6.07, 6.45) is 9.38. The van der Waals surface area contributed by atoms with Crippen molar-refractivity contribution in [2.45, 2.75) is 73.4 Å². The Morgan fingerprint density at radius 3 is 1.69 bits per heavy atom. The van der Waals surface area contributed by atoms with Crippen LogP contribution in [0.15, 0.2) is 82.4 Å². The van der Waals surface area contributed by atoms with E-state index in [0.717, 1.165) is 16.8 Å². The molecule has 8 nitrogen and oxygen atoms in total. The fourth-order valence-corrected chi connectivity index (χ4v) is 3.36. The fourth-order valence-electron chi connectivity index (χ4n) is 3.36. The number of hydrogen-bond donors (Lipinski definition) is 1. The predicted molar refractivity (Wildman–Crippen MR) is 157 cm³/mol. The summed E-state index contributed by atoms with van der Waals surface area (Å²) in [7, 11) is 1.30. The van der Waals surface area contributed by atoms with E-state index >= 15 is 0 Å². The van der Waals surface area contributed by atoms with E-state index in [0.29, 0.717) is 17.8 Å². The Kier molecular flexibility index (Phi) is 13.7. The van der Waals surface area contributed by atoms with Crippen molar-refractivity contribution in [3.63, 3.8) is 0 Å². The third-order valence-electron chi connectivity index (χ3n) is 5.85. The van der Waals surface area contributed by atoms with Gasteiger partial charge in [0, 0.05) is 36.4 Å². The Morgan fingerprint density at radius 1 is 0.872 bits per heavy atom. The lowest BCUT2D eigenvalue weighted by Crippen LogP contribution is -2.24. The van der Waals surface area contributed by atoms with Gasteiger partial charge in [0.1, 0.15) is 12.3 Å². The zero-order valence-electron chi connectivity index (χ0n) is 24.5. The van der Waals surface area contributed by atoms with Gasteiger partial charge in [-0.15, -0.1) is 0 Å². The number of nitrogens with one attached hydrogen (secondary N) is 1. The Hall–Kier alpha value is -3.94. The van der Waals surface area contributed by atoms with Crippen LogP contribution in [0.2, 0.25) is 0 Å². The van der Waals surface area contributed by atoms with Gasteiger partial charge in [-0.25, -0.2) is 0 Å². The van der Waals surface area contributed by atoms with Crippen LogP contribution in [0.4, 0.5) is 0 Å². The molecule has 1 aliphatic heterocycles. The number of ether oxygens (including phenoxy) is 1. The zero-order chi connectivity index (χ0) is 29.7. The number of dihydropyridines is 1. The Bertz CT molecular complexity index is 1310. The molecule has 2 aromatic heterocycles. The van der Waals surface area contributed by atoms with Crippen LogP contribution in [-0.2, 0) is 27.4 Å². The van der Waals surface area contributed by atoms with Gasteiger partial charge in [0.15, 0.2) is 0 Å². The third-order valence-corrected chi connectivity index (χ3v) is 5.85. The summed E-state index contributed by atoms with van der Waals surface area (Å²) < 4.78 is 7.24. The number of Topliss-reactive ketones (excluding diaryl/α,β-unsaturated/α-hetero) is 1.